The van der Waals surface area contributed by atoms with Crippen molar-refractivity contribution in [1.29, 1.82) is 0 Å². The Morgan fingerprint density at radius 1 is 1.11 bits per heavy atom. The van der Waals surface area contributed by atoms with Gasteiger partial charge in [-0.25, -0.2) is 8.42 Å². The Morgan fingerprint density at radius 3 is 2.18 bits per heavy atom. The monoisotopic (exact) mass is 424 g/mol. The lowest BCUT2D eigenvalue weighted by Gasteiger charge is -2.31. The number of nitrogens with zero attached hydrogens (tertiary/aromatic N) is 2. The highest BCUT2D eigenvalue weighted by molar-refractivity contribution is 7.92. The minimum atomic E-state index is -3.67. The van der Waals surface area contributed by atoms with Gasteiger partial charge in [0.05, 0.1) is 18.6 Å². The van der Waals surface area contributed by atoms with Gasteiger partial charge in [-0.1, -0.05) is 23.7 Å². The van der Waals surface area contributed by atoms with Crippen LogP contribution in [0.1, 0.15) is 19.4 Å². The van der Waals surface area contributed by atoms with Crippen LogP contribution in [-0.2, 0) is 21.4 Å². The average molecular weight is 425 g/mol. The molecule has 0 aromatic heterocycles. The third-order valence-corrected chi connectivity index (χ3v) is 5.67. The van der Waals surface area contributed by atoms with Gasteiger partial charge in [0.2, 0.25) is 15.9 Å². The van der Waals surface area contributed by atoms with E-state index in [2.05, 4.69) is 0 Å². The number of carbonyl (C=O) groups is 1. The summed E-state index contributed by atoms with van der Waals surface area (Å²) in [6.45, 7) is 4.31. The van der Waals surface area contributed by atoms with Crippen LogP contribution >= 0.6 is 11.6 Å². The van der Waals surface area contributed by atoms with E-state index in [1.807, 2.05) is 19.1 Å². The van der Waals surface area contributed by atoms with Crippen LogP contribution in [0.3, 0.4) is 0 Å². The molecule has 0 saturated heterocycles. The third kappa shape index (κ3) is 5.62. The fourth-order valence-corrected chi connectivity index (χ4v) is 4.21. The SMILES string of the molecule is CCOc1ccc(N([C@@H](C)C(=O)N(C)Cc2ccc(Cl)cc2)S(C)(=O)=O)cc1. The van der Waals surface area contributed by atoms with Crippen LogP contribution in [0.15, 0.2) is 48.5 Å². The molecule has 1 atom stereocenters. The first-order valence-electron chi connectivity index (χ1n) is 8.85. The molecule has 1 amide bonds. The van der Waals surface area contributed by atoms with E-state index in [4.69, 9.17) is 16.3 Å². The summed E-state index contributed by atoms with van der Waals surface area (Å²) in [7, 11) is -2.03. The summed E-state index contributed by atoms with van der Waals surface area (Å²) in [6.07, 6.45) is 1.09. The molecular weight excluding hydrogens is 400 g/mol. The van der Waals surface area contributed by atoms with E-state index in [9.17, 15) is 13.2 Å². The van der Waals surface area contributed by atoms with Crippen LogP contribution in [0.25, 0.3) is 0 Å². The Labute approximate surface area is 171 Å². The minimum Gasteiger partial charge on any atom is -0.494 e. The summed E-state index contributed by atoms with van der Waals surface area (Å²) in [5.41, 5.74) is 1.31. The van der Waals surface area contributed by atoms with Crippen molar-refractivity contribution in [2.24, 2.45) is 0 Å². The van der Waals surface area contributed by atoms with Crippen LogP contribution in [-0.4, -0.2) is 45.2 Å². The first kappa shape index (κ1) is 22.0. The maximum Gasteiger partial charge on any atom is 0.246 e. The van der Waals surface area contributed by atoms with E-state index in [1.54, 1.807) is 50.4 Å². The molecule has 0 aliphatic heterocycles. The van der Waals surface area contributed by atoms with E-state index in [-0.39, 0.29) is 5.91 Å². The van der Waals surface area contributed by atoms with E-state index >= 15 is 0 Å². The molecule has 0 radical (unpaired) electrons. The van der Waals surface area contributed by atoms with Crippen molar-refractivity contribution in [2.45, 2.75) is 26.4 Å². The number of amides is 1. The fourth-order valence-electron chi connectivity index (χ4n) is 2.92. The molecule has 0 saturated carbocycles. The second-order valence-corrected chi connectivity index (χ2v) is 8.78. The maximum absolute atomic E-state index is 12.9. The Balaban J connectivity index is 2.22. The summed E-state index contributed by atoms with van der Waals surface area (Å²) < 4.78 is 31.4. The Kier molecular flexibility index (Phi) is 7.32. The predicted octanol–water partition coefficient (Wildman–Crippen LogP) is 3.55. The number of ether oxygens (including phenoxy) is 1. The molecule has 2 aromatic rings. The molecule has 0 unspecified atom stereocenters. The lowest BCUT2D eigenvalue weighted by Crippen LogP contribution is -2.48. The number of anilines is 1. The normalized spacial score (nSPS) is 12.3. The van der Waals surface area contributed by atoms with Gasteiger partial charge in [-0.3, -0.25) is 9.10 Å². The van der Waals surface area contributed by atoms with Gasteiger partial charge in [-0.15, -0.1) is 0 Å². The zero-order valence-electron chi connectivity index (χ0n) is 16.4. The molecule has 8 heteroatoms. The molecule has 0 aliphatic rings. The highest BCUT2D eigenvalue weighted by Gasteiger charge is 2.31. The lowest BCUT2D eigenvalue weighted by atomic mass is 10.2. The maximum atomic E-state index is 12.9. The molecular formula is C20H25ClN2O4S. The van der Waals surface area contributed by atoms with E-state index in [0.29, 0.717) is 29.6 Å². The van der Waals surface area contributed by atoms with Crippen LogP contribution in [0.2, 0.25) is 5.02 Å². The van der Waals surface area contributed by atoms with Crippen molar-refractivity contribution in [3.8, 4) is 5.75 Å². The molecule has 0 heterocycles. The van der Waals surface area contributed by atoms with Crippen molar-refractivity contribution in [3.05, 3.63) is 59.1 Å². The summed E-state index contributed by atoms with van der Waals surface area (Å²) >= 11 is 5.89. The van der Waals surface area contributed by atoms with Crippen molar-refractivity contribution in [3.63, 3.8) is 0 Å². The molecule has 2 rings (SSSR count). The van der Waals surface area contributed by atoms with E-state index in [0.717, 1.165) is 16.1 Å². The highest BCUT2D eigenvalue weighted by Crippen LogP contribution is 2.25. The molecule has 0 fully saturated rings. The van der Waals surface area contributed by atoms with Gasteiger partial charge in [0.15, 0.2) is 0 Å². The second kappa shape index (κ2) is 9.30. The predicted molar refractivity (Wildman–Crippen MR) is 112 cm³/mol. The largest absolute Gasteiger partial charge is 0.494 e. The summed E-state index contributed by atoms with van der Waals surface area (Å²) in [6, 6.07) is 12.9. The standard InChI is InChI=1S/C20H25ClN2O4S/c1-5-27-19-12-10-18(11-13-19)23(28(4,25)26)15(2)20(24)22(3)14-16-6-8-17(21)9-7-16/h6-13,15H,5,14H2,1-4H3/t15-/m0/s1. The van der Waals surface area contributed by atoms with E-state index < -0.39 is 16.1 Å². The van der Waals surface area contributed by atoms with Gasteiger partial charge in [-0.05, 0) is 55.8 Å². The Morgan fingerprint density at radius 2 is 1.68 bits per heavy atom. The van der Waals surface area contributed by atoms with Gasteiger partial charge < -0.3 is 9.64 Å². The number of carbonyl (C=O) groups excluding carboxylic acids is 1. The van der Waals surface area contributed by atoms with Gasteiger partial charge in [0, 0.05) is 18.6 Å². The minimum absolute atomic E-state index is 0.311. The molecule has 0 N–H and O–H groups in total. The summed E-state index contributed by atoms with van der Waals surface area (Å²) in [4.78, 5) is 14.4. The molecule has 0 aliphatic carbocycles. The number of likely N-dealkylation sites (N-methyl/N-ethyl adjacent to an activating group) is 1. The summed E-state index contributed by atoms with van der Waals surface area (Å²) in [5.74, 6) is 0.327. The van der Waals surface area contributed by atoms with Crippen molar-refractivity contribution in [2.75, 3.05) is 24.2 Å². The van der Waals surface area contributed by atoms with Gasteiger partial charge >= 0.3 is 0 Å². The molecule has 6 nitrogen and oxygen atoms in total. The van der Waals surface area contributed by atoms with Crippen molar-refractivity contribution >= 4 is 33.2 Å². The first-order chi connectivity index (χ1) is 13.1. The third-order valence-electron chi connectivity index (χ3n) is 4.18. The number of benzene rings is 2. The quantitative estimate of drug-likeness (QED) is 0.649. The zero-order valence-corrected chi connectivity index (χ0v) is 18.0. The topological polar surface area (TPSA) is 66.9 Å². The smallest absolute Gasteiger partial charge is 0.246 e. The van der Waals surface area contributed by atoms with E-state index in [1.165, 1.54) is 4.90 Å². The number of sulfonamides is 1. The number of rotatable bonds is 8. The Hall–Kier alpha value is -2.25. The van der Waals surface area contributed by atoms with Gasteiger partial charge in [0.25, 0.3) is 0 Å². The number of hydrogen-bond acceptors (Lipinski definition) is 4. The van der Waals surface area contributed by atoms with Crippen LogP contribution in [0.5, 0.6) is 5.75 Å². The molecule has 0 spiro atoms. The second-order valence-electron chi connectivity index (χ2n) is 6.48. The van der Waals surface area contributed by atoms with Crippen molar-refractivity contribution < 1.29 is 17.9 Å². The fraction of sp³-hybridized carbons (Fsp3) is 0.350. The zero-order chi connectivity index (χ0) is 20.9. The molecule has 0 bridgehead atoms. The first-order valence-corrected chi connectivity index (χ1v) is 11.1. The van der Waals surface area contributed by atoms with Crippen LogP contribution in [0.4, 0.5) is 5.69 Å². The van der Waals surface area contributed by atoms with Gasteiger partial charge in [-0.2, -0.15) is 0 Å². The highest BCUT2D eigenvalue weighted by atomic mass is 35.5. The van der Waals surface area contributed by atoms with Crippen LogP contribution < -0.4 is 9.04 Å². The molecule has 28 heavy (non-hydrogen) atoms. The number of halogens is 1. The number of hydrogen-bond donors (Lipinski definition) is 0. The molecule has 2 aromatic carbocycles. The molecule has 152 valence electrons. The van der Waals surface area contributed by atoms with Gasteiger partial charge in [0.1, 0.15) is 11.8 Å². The average Bonchev–Trinajstić information content (AvgIpc) is 2.63. The lowest BCUT2D eigenvalue weighted by molar-refractivity contribution is -0.131. The Bertz CT molecular complexity index is 899. The van der Waals surface area contributed by atoms with Crippen molar-refractivity contribution in [1.82, 2.24) is 4.90 Å². The summed E-state index contributed by atoms with van der Waals surface area (Å²) in [5, 5.41) is 0.616. The van der Waals surface area contributed by atoms with Crippen LogP contribution in [0, 0.1) is 0 Å².